The first-order valence-electron chi connectivity index (χ1n) is 8.00. The Kier molecular flexibility index (Phi) is 5.25. The van der Waals surface area contributed by atoms with Crippen LogP contribution in [0.3, 0.4) is 0 Å². The van der Waals surface area contributed by atoms with Crippen LogP contribution >= 0.6 is 0 Å². The molecule has 4 nitrogen and oxygen atoms in total. The summed E-state index contributed by atoms with van der Waals surface area (Å²) in [5.74, 6) is 6.82. The first-order chi connectivity index (χ1) is 10.0. The summed E-state index contributed by atoms with van der Waals surface area (Å²) in [7, 11) is 0. The van der Waals surface area contributed by atoms with Gasteiger partial charge in [-0.05, 0) is 57.5 Å². The van der Waals surface area contributed by atoms with Gasteiger partial charge in [-0.25, -0.2) is 0 Å². The predicted octanol–water partition coefficient (Wildman–Crippen LogP) is 2.85. The number of likely N-dealkylation sites (N-methyl/N-ethyl adjacent to an activating group) is 1. The second-order valence-corrected chi connectivity index (χ2v) is 6.31. The van der Waals surface area contributed by atoms with Crippen molar-refractivity contribution in [3.8, 4) is 5.75 Å². The number of nitrogens with zero attached hydrogens (tertiary/aromatic N) is 1. The molecular weight excluding hydrogens is 262 g/mol. The average molecular weight is 291 g/mol. The van der Waals surface area contributed by atoms with Crippen molar-refractivity contribution >= 4 is 0 Å². The number of hydrogen-bond donors (Lipinski definition) is 2. The summed E-state index contributed by atoms with van der Waals surface area (Å²) >= 11 is 0. The zero-order chi connectivity index (χ0) is 15.5. The van der Waals surface area contributed by atoms with E-state index < -0.39 is 0 Å². The highest BCUT2D eigenvalue weighted by molar-refractivity contribution is 5.31. The molecule has 1 fully saturated rings. The molecule has 0 heterocycles. The van der Waals surface area contributed by atoms with Gasteiger partial charge in [0.15, 0.2) is 0 Å². The molecule has 0 aromatic heterocycles. The summed E-state index contributed by atoms with van der Waals surface area (Å²) in [6.45, 7) is 10.9. The molecule has 1 aliphatic rings. The molecule has 0 radical (unpaired) electrons. The van der Waals surface area contributed by atoms with E-state index in [1.54, 1.807) is 0 Å². The molecule has 0 bridgehead atoms. The molecule has 0 amide bonds. The lowest BCUT2D eigenvalue weighted by molar-refractivity contribution is 0.0912. The minimum absolute atomic E-state index is 0.0584. The van der Waals surface area contributed by atoms with E-state index in [0.717, 1.165) is 18.8 Å². The number of hydrogen-bond acceptors (Lipinski definition) is 4. The Bertz CT molecular complexity index is 436. The Morgan fingerprint density at radius 1 is 1.24 bits per heavy atom. The van der Waals surface area contributed by atoms with Crippen molar-refractivity contribution in [2.45, 2.75) is 58.2 Å². The molecule has 0 saturated heterocycles. The van der Waals surface area contributed by atoms with E-state index >= 15 is 0 Å². The van der Waals surface area contributed by atoms with Gasteiger partial charge in [-0.1, -0.05) is 26.0 Å². The van der Waals surface area contributed by atoms with Crippen molar-refractivity contribution in [3.63, 3.8) is 0 Å². The van der Waals surface area contributed by atoms with Gasteiger partial charge in [0.1, 0.15) is 5.75 Å². The molecule has 4 heteroatoms. The third kappa shape index (κ3) is 3.76. The maximum atomic E-state index is 5.86. The molecule has 1 aromatic rings. The third-order valence-electron chi connectivity index (χ3n) is 4.49. The van der Waals surface area contributed by atoms with Crippen LogP contribution in [-0.2, 0) is 0 Å². The monoisotopic (exact) mass is 291 g/mol. The Hall–Kier alpha value is -1.10. The van der Waals surface area contributed by atoms with Crippen LogP contribution in [0, 0.1) is 0 Å². The van der Waals surface area contributed by atoms with Crippen LogP contribution in [0.4, 0.5) is 0 Å². The third-order valence-corrected chi connectivity index (χ3v) is 4.49. The molecule has 2 rings (SSSR count). The normalized spacial score (nSPS) is 17.0. The van der Waals surface area contributed by atoms with Crippen molar-refractivity contribution in [1.82, 2.24) is 10.3 Å². The molecule has 1 saturated carbocycles. The Morgan fingerprint density at radius 2 is 1.81 bits per heavy atom. The van der Waals surface area contributed by atoms with Crippen LogP contribution in [0.25, 0.3) is 0 Å². The van der Waals surface area contributed by atoms with Crippen molar-refractivity contribution in [2.75, 3.05) is 13.1 Å². The fourth-order valence-electron chi connectivity index (χ4n) is 3.05. The van der Waals surface area contributed by atoms with Gasteiger partial charge >= 0.3 is 0 Å². The van der Waals surface area contributed by atoms with Crippen LogP contribution in [0.15, 0.2) is 24.3 Å². The molecule has 1 aliphatic carbocycles. The van der Waals surface area contributed by atoms with Gasteiger partial charge in [0.05, 0.1) is 12.1 Å². The van der Waals surface area contributed by atoms with E-state index in [1.165, 1.54) is 18.4 Å². The highest BCUT2D eigenvalue weighted by atomic mass is 16.5. The minimum Gasteiger partial charge on any atom is -0.490 e. The van der Waals surface area contributed by atoms with Gasteiger partial charge in [-0.2, -0.15) is 0 Å². The van der Waals surface area contributed by atoms with Crippen molar-refractivity contribution < 1.29 is 4.74 Å². The zero-order valence-corrected chi connectivity index (χ0v) is 13.7. The van der Waals surface area contributed by atoms with Gasteiger partial charge in [0, 0.05) is 5.54 Å². The Labute approximate surface area is 128 Å². The number of nitrogens with two attached hydrogens (primary N) is 1. The van der Waals surface area contributed by atoms with E-state index in [1.807, 2.05) is 0 Å². The van der Waals surface area contributed by atoms with E-state index in [2.05, 4.69) is 62.3 Å². The van der Waals surface area contributed by atoms with Gasteiger partial charge in [-0.15, -0.1) is 0 Å². The van der Waals surface area contributed by atoms with Crippen LogP contribution < -0.4 is 16.0 Å². The quantitative estimate of drug-likeness (QED) is 0.571. The molecular formula is C17H29N3O. The topological polar surface area (TPSA) is 50.5 Å². The summed E-state index contributed by atoms with van der Waals surface area (Å²) in [5, 5.41) is 0. The van der Waals surface area contributed by atoms with Crippen LogP contribution in [0.5, 0.6) is 5.75 Å². The van der Waals surface area contributed by atoms with Gasteiger partial charge < -0.3 is 4.74 Å². The maximum absolute atomic E-state index is 5.86. The van der Waals surface area contributed by atoms with Crippen molar-refractivity contribution in [2.24, 2.45) is 5.84 Å². The van der Waals surface area contributed by atoms with Crippen LogP contribution in [-0.4, -0.2) is 29.6 Å². The second kappa shape index (κ2) is 6.77. The molecule has 1 unspecified atom stereocenters. The number of nitrogens with one attached hydrogen (secondary N) is 1. The first kappa shape index (κ1) is 16.3. The molecule has 1 aromatic carbocycles. The van der Waals surface area contributed by atoms with E-state index in [4.69, 9.17) is 10.6 Å². The van der Waals surface area contributed by atoms with E-state index in [9.17, 15) is 0 Å². The molecule has 0 spiro atoms. The SMILES string of the molecule is CCN(CC)C(C)(C)C(NN)c1ccc(OC2CC2)cc1. The summed E-state index contributed by atoms with van der Waals surface area (Å²) in [5.41, 5.74) is 4.13. The second-order valence-electron chi connectivity index (χ2n) is 6.31. The molecule has 3 N–H and O–H groups in total. The largest absolute Gasteiger partial charge is 0.490 e. The van der Waals surface area contributed by atoms with Crippen molar-refractivity contribution in [3.05, 3.63) is 29.8 Å². The average Bonchev–Trinajstić information content (AvgIpc) is 3.26. The summed E-state index contributed by atoms with van der Waals surface area (Å²) in [6.07, 6.45) is 2.80. The minimum atomic E-state index is -0.0584. The predicted molar refractivity (Wildman–Crippen MR) is 87.2 cm³/mol. The maximum Gasteiger partial charge on any atom is 0.119 e. The number of rotatable bonds is 8. The lowest BCUT2D eigenvalue weighted by atomic mass is 9.87. The highest BCUT2D eigenvalue weighted by Crippen LogP contribution is 2.32. The zero-order valence-electron chi connectivity index (χ0n) is 13.7. The number of ether oxygens (including phenoxy) is 1. The van der Waals surface area contributed by atoms with Gasteiger partial charge in [0.2, 0.25) is 0 Å². The fraction of sp³-hybridized carbons (Fsp3) is 0.647. The molecule has 118 valence electrons. The Balaban J connectivity index is 2.15. The van der Waals surface area contributed by atoms with Crippen LogP contribution in [0.1, 0.15) is 52.1 Å². The summed E-state index contributed by atoms with van der Waals surface area (Å²) in [6, 6.07) is 8.42. The standard InChI is InChI=1S/C17H29N3O/c1-5-20(6-2)17(3,4)16(19-18)13-7-9-14(10-8-13)21-15-11-12-15/h7-10,15-16,19H,5-6,11-12,18H2,1-4H3. The highest BCUT2D eigenvalue weighted by Gasteiger charge is 2.34. The number of hydrazine groups is 1. The van der Waals surface area contributed by atoms with Gasteiger partial charge in [-0.3, -0.25) is 16.2 Å². The fourth-order valence-corrected chi connectivity index (χ4v) is 3.05. The van der Waals surface area contributed by atoms with Crippen molar-refractivity contribution in [1.29, 1.82) is 0 Å². The summed E-state index contributed by atoms with van der Waals surface area (Å²) < 4.78 is 5.81. The molecule has 1 atom stereocenters. The molecule has 0 aliphatic heterocycles. The first-order valence-corrected chi connectivity index (χ1v) is 8.00. The number of benzene rings is 1. The summed E-state index contributed by atoms with van der Waals surface area (Å²) in [4.78, 5) is 2.42. The smallest absolute Gasteiger partial charge is 0.119 e. The van der Waals surface area contributed by atoms with E-state index in [-0.39, 0.29) is 11.6 Å². The van der Waals surface area contributed by atoms with Gasteiger partial charge in [0.25, 0.3) is 0 Å². The van der Waals surface area contributed by atoms with Crippen LogP contribution in [0.2, 0.25) is 0 Å². The lowest BCUT2D eigenvalue weighted by Gasteiger charge is -2.43. The molecule has 21 heavy (non-hydrogen) atoms. The Morgan fingerprint density at radius 3 is 2.24 bits per heavy atom. The van der Waals surface area contributed by atoms with E-state index in [0.29, 0.717) is 6.10 Å². The lowest BCUT2D eigenvalue weighted by Crippen LogP contribution is -2.54.